The van der Waals surface area contributed by atoms with Gasteiger partial charge in [-0.25, -0.2) is 0 Å². The second-order valence-corrected chi connectivity index (χ2v) is 8.03. The summed E-state index contributed by atoms with van der Waals surface area (Å²) in [4.78, 5) is 35.4. The fraction of sp³-hybridized carbons (Fsp3) is 0.0952. The van der Waals surface area contributed by atoms with Crippen LogP contribution in [0.1, 0.15) is 5.56 Å². The molecule has 1 aliphatic rings. The van der Waals surface area contributed by atoms with Gasteiger partial charge in [0.2, 0.25) is 5.91 Å². The molecule has 30 heavy (non-hydrogen) atoms. The summed E-state index contributed by atoms with van der Waals surface area (Å²) >= 11 is 6.48. The van der Waals surface area contributed by atoms with Crippen molar-refractivity contribution in [3.8, 4) is 5.75 Å². The largest absolute Gasteiger partial charge is 0.497 e. The second-order valence-electron chi connectivity index (χ2n) is 6.35. The minimum Gasteiger partial charge on any atom is -0.497 e. The van der Waals surface area contributed by atoms with Crippen LogP contribution in [0.25, 0.3) is 17.1 Å². The van der Waals surface area contributed by atoms with E-state index in [2.05, 4.69) is 15.3 Å². The molecule has 7 nitrogen and oxygen atoms in total. The van der Waals surface area contributed by atoms with Crippen LogP contribution in [0.3, 0.4) is 0 Å². The minimum atomic E-state index is -0.350. The number of thiocarbonyl (C=S) groups is 1. The van der Waals surface area contributed by atoms with E-state index in [0.29, 0.717) is 26.2 Å². The molecule has 1 saturated heterocycles. The number of carbonyl (C=O) groups excluding carboxylic acids is 2. The van der Waals surface area contributed by atoms with Crippen LogP contribution in [0.5, 0.6) is 5.75 Å². The highest BCUT2D eigenvalue weighted by Crippen LogP contribution is 2.32. The molecule has 0 saturated carbocycles. The van der Waals surface area contributed by atoms with E-state index < -0.39 is 0 Å². The number of nitrogens with one attached hydrogen (secondary N) is 1. The molecule has 0 aliphatic carbocycles. The Morgan fingerprint density at radius 2 is 2.00 bits per heavy atom. The van der Waals surface area contributed by atoms with E-state index in [9.17, 15) is 9.59 Å². The molecule has 9 heteroatoms. The highest BCUT2D eigenvalue weighted by Gasteiger charge is 2.33. The number of ether oxygens (including phenoxy) is 1. The topological polar surface area (TPSA) is 84.4 Å². The molecule has 0 bridgehead atoms. The van der Waals surface area contributed by atoms with Gasteiger partial charge in [-0.15, -0.1) is 0 Å². The first-order valence-electron chi connectivity index (χ1n) is 8.93. The van der Waals surface area contributed by atoms with Gasteiger partial charge in [-0.2, -0.15) is 0 Å². The van der Waals surface area contributed by atoms with Crippen LogP contribution >= 0.6 is 24.0 Å². The third-order valence-electron chi connectivity index (χ3n) is 4.32. The highest BCUT2D eigenvalue weighted by atomic mass is 32.2. The third kappa shape index (κ3) is 4.32. The number of fused-ring (bicyclic) bond motifs is 1. The molecule has 0 unspecified atom stereocenters. The molecule has 150 valence electrons. The van der Waals surface area contributed by atoms with E-state index in [1.807, 2.05) is 24.3 Å². The Balaban J connectivity index is 1.45. The maximum Gasteiger partial charge on any atom is 0.266 e. The van der Waals surface area contributed by atoms with Crippen molar-refractivity contribution in [2.24, 2.45) is 0 Å². The van der Waals surface area contributed by atoms with Gasteiger partial charge in [0.05, 0.1) is 23.0 Å². The minimum absolute atomic E-state index is 0.168. The first kappa shape index (κ1) is 20.0. The Hall–Kier alpha value is -3.30. The van der Waals surface area contributed by atoms with Gasteiger partial charge < -0.3 is 10.1 Å². The lowest BCUT2D eigenvalue weighted by molar-refractivity contribution is -0.126. The van der Waals surface area contributed by atoms with Crippen molar-refractivity contribution in [1.82, 2.24) is 14.9 Å². The van der Waals surface area contributed by atoms with E-state index in [-0.39, 0.29) is 18.4 Å². The summed E-state index contributed by atoms with van der Waals surface area (Å²) in [6.07, 6.45) is 4.93. The van der Waals surface area contributed by atoms with Gasteiger partial charge in [0, 0.05) is 18.1 Å². The quantitative estimate of drug-likeness (QED) is 0.484. The van der Waals surface area contributed by atoms with Crippen molar-refractivity contribution >= 4 is 62.9 Å². The third-order valence-corrected chi connectivity index (χ3v) is 5.70. The predicted molar refractivity (Wildman–Crippen MR) is 121 cm³/mol. The van der Waals surface area contributed by atoms with Crippen LogP contribution in [0.4, 0.5) is 5.69 Å². The molecule has 0 spiro atoms. The summed E-state index contributed by atoms with van der Waals surface area (Å²) in [5.74, 6) is 0.0446. The maximum atomic E-state index is 12.8. The van der Waals surface area contributed by atoms with Crippen LogP contribution in [0.15, 0.2) is 59.8 Å². The number of nitrogens with zero attached hydrogens (tertiary/aromatic N) is 3. The lowest BCUT2D eigenvalue weighted by Crippen LogP contribution is -2.36. The average Bonchev–Trinajstić information content (AvgIpc) is 3.01. The van der Waals surface area contributed by atoms with Crippen molar-refractivity contribution < 1.29 is 14.3 Å². The number of rotatable bonds is 5. The van der Waals surface area contributed by atoms with Crippen molar-refractivity contribution in [2.75, 3.05) is 19.0 Å². The van der Waals surface area contributed by atoms with Crippen LogP contribution in [0, 0.1) is 0 Å². The summed E-state index contributed by atoms with van der Waals surface area (Å²) in [6.45, 7) is -0.168. The van der Waals surface area contributed by atoms with E-state index in [1.54, 1.807) is 43.8 Å². The molecule has 0 atom stereocenters. The van der Waals surface area contributed by atoms with Gasteiger partial charge in [-0.3, -0.25) is 24.5 Å². The molecule has 2 heterocycles. The van der Waals surface area contributed by atoms with E-state index in [0.717, 1.165) is 11.1 Å². The van der Waals surface area contributed by atoms with Gasteiger partial charge in [0.1, 0.15) is 16.6 Å². The molecule has 1 N–H and O–H groups in total. The Labute approximate surface area is 182 Å². The van der Waals surface area contributed by atoms with Gasteiger partial charge in [-0.1, -0.05) is 36.1 Å². The Kier molecular flexibility index (Phi) is 5.73. The van der Waals surface area contributed by atoms with Gasteiger partial charge in [0.25, 0.3) is 5.91 Å². The summed E-state index contributed by atoms with van der Waals surface area (Å²) in [5, 5.41) is 2.78. The molecule has 3 aromatic rings. The zero-order valence-electron chi connectivity index (χ0n) is 15.9. The number of hydrogen-bond acceptors (Lipinski definition) is 7. The van der Waals surface area contributed by atoms with Crippen molar-refractivity contribution in [3.05, 3.63) is 65.3 Å². The molecule has 2 aromatic carbocycles. The predicted octanol–water partition coefficient (Wildman–Crippen LogP) is 3.48. The molecule has 0 radical (unpaired) electrons. The number of methoxy groups -OCH3 is 1. The monoisotopic (exact) mass is 436 g/mol. The number of anilines is 1. The lowest BCUT2D eigenvalue weighted by Gasteiger charge is -2.14. The number of thioether (sulfide) groups is 1. The fourth-order valence-electron chi connectivity index (χ4n) is 2.90. The molecular weight excluding hydrogens is 420 g/mol. The lowest BCUT2D eigenvalue weighted by atomic mass is 10.2. The Bertz CT molecular complexity index is 1200. The van der Waals surface area contributed by atoms with Crippen LogP contribution < -0.4 is 10.1 Å². The fourth-order valence-corrected chi connectivity index (χ4v) is 4.16. The number of carbonyl (C=O) groups is 2. The molecular formula is C21H16N4O3S2. The standard InChI is InChI=1S/C21H16N4O3S2/c1-28-15-4-2-3-13(9-15)10-18-20(27)25(21(29)30-18)12-19(26)24-14-5-6-16-17(11-14)23-8-7-22-16/h2-11H,12H2,1H3,(H,24,26). The number of benzene rings is 2. The zero-order valence-corrected chi connectivity index (χ0v) is 17.5. The normalized spacial score (nSPS) is 15.1. The van der Waals surface area contributed by atoms with Crippen molar-refractivity contribution in [1.29, 1.82) is 0 Å². The number of hydrogen-bond donors (Lipinski definition) is 1. The summed E-state index contributed by atoms with van der Waals surface area (Å²) in [6, 6.07) is 12.6. The summed E-state index contributed by atoms with van der Waals surface area (Å²) in [5.41, 5.74) is 2.79. The summed E-state index contributed by atoms with van der Waals surface area (Å²) in [7, 11) is 1.58. The van der Waals surface area contributed by atoms with Crippen LogP contribution in [-0.4, -0.2) is 44.7 Å². The van der Waals surface area contributed by atoms with Gasteiger partial charge in [-0.05, 0) is 42.0 Å². The highest BCUT2D eigenvalue weighted by molar-refractivity contribution is 8.26. The van der Waals surface area contributed by atoms with E-state index in [4.69, 9.17) is 17.0 Å². The number of aromatic nitrogens is 2. The van der Waals surface area contributed by atoms with Gasteiger partial charge in [0.15, 0.2) is 0 Å². The molecule has 1 aliphatic heterocycles. The van der Waals surface area contributed by atoms with Crippen LogP contribution in [0.2, 0.25) is 0 Å². The van der Waals surface area contributed by atoms with E-state index in [1.165, 1.54) is 16.7 Å². The average molecular weight is 437 g/mol. The van der Waals surface area contributed by atoms with E-state index >= 15 is 0 Å². The molecule has 1 aromatic heterocycles. The SMILES string of the molecule is COc1cccc(C=C2SC(=S)N(CC(=O)Nc3ccc4nccnc4c3)C2=O)c1. The maximum absolute atomic E-state index is 12.8. The van der Waals surface area contributed by atoms with Crippen molar-refractivity contribution in [2.45, 2.75) is 0 Å². The smallest absolute Gasteiger partial charge is 0.266 e. The Morgan fingerprint density at radius 3 is 2.80 bits per heavy atom. The second kappa shape index (κ2) is 8.60. The molecule has 2 amide bonds. The first-order chi connectivity index (χ1) is 14.5. The Morgan fingerprint density at radius 1 is 1.20 bits per heavy atom. The van der Waals surface area contributed by atoms with Crippen molar-refractivity contribution in [3.63, 3.8) is 0 Å². The zero-order chi connectivity index (χ0) is 21.1. The van der Waals surface area contributed by atoms with Gasteiger partial charge >= 0.3 is 0 Å². The number of amides is 2. The first-order valence-corrected chi connectivity index (χ1v) is 10.2. The molecule has 1 fully saturated rings. The summed E-state index contributed by atoms with van der Waals surface area (Å²) < 4.78 is 5.55. The van der Waals surface area contributed by atoms with Crippen LogP contribution in [-0.2, 0) is 9.59 Å². The molecule has 4 rings (SSSR count).